The van der Waals surface area contributed by atoms with Gasteiger partial charge in [0.05, 0.1) is 0 Å². The van der Waals surface area contributed by atoms with Gasteiger partial charge < -0.3 is 0 Å². The molecule has 1 N–H and O–H groups in total. The molecule has 0 radical (unpaired) electrons. The fourth-order valence-corrected chi connectivity index (χ4v) is 10.3. The summed E-state index contributed by atoms with van der Waals surface area (Å²) in [6.07, 6.45) is 7.22. The van der Waals surface area contributed by atoms with Crippen molar-refractivity contribution in [1.82, 2.24) is 0 Å². The fraction of sp³-hybridized carbons (Fsp3) is 0.333. The monoisotopic (exact) mass is 325 g/mol. The predicted molar refractivity (Wildman–Crippen MR) is 88.0 cm³/mol. The molecule has 1 fully saturated rings. The Balaban J connectivity index is 1.83. The molecule has 0 unspecified atom stereocenters. The first-order chi connectivity index (χ1) is 9.93. The topological polar surface area (TPSA) is 12.0 Å². The quantitative estimate of drug-likeness (QED) is 0.789. The number of para-hydroxylation sites is 2. The second kappa shape index (κ2) is 5.29. The van der Waals surface area contributed by atoms with E-state index < -0.39 is 14.7 Å². The van der Waals surface area contributed by atoms with Crippen LogP contribution >= 0.6 is 0 Å². The summed E-state index contributed by atoms with van der Waals surface area (Å²) in [7, 11) is 0. The summed E-state index contributed by atoms with van der Waals surface area (Å²) in [6, 6.07) is 18.0. The first-order valence-electron chi connectivity index (χ1n) is 7.68. The first-order valence-corrected chi connectivity index (χ1v) is 10.6. The average molecular weight is 325 g/mol. The molecule has 102 valence electrons. The van der Waals surface area contributed by atoms with Crippen LogP contribution in [0.15, 0.2) is 48.5 Å². The van der Waals surface area contributed by atoms with Gasteiger partial charge in [0.15, 0.2) is 0 Å². The van der Waals surface area contributed by atoms with E-state index in [9.17, 15) is 0 Å². The van der Waals surface area contributed by atoms with Crippen molar-refractivity contribution in [2.75, 3.05) is 5.32 Å². The molecule has 1 saturated carbocycles. The van der Waals surface area contributed by atoms with E-state index in [1.54, 1.807) is 8.70 Å². The van der Waals surface area contributed by atoms with E-state index in [0.717, 1.165) is 4.71 Å². The van der Waals surface area contributed by atoms with Crippen molar-refractivity contribution in [3.05, 3.63) is 48.5 Å². The maximum atomic E-state index is 3.65. The summed E-state index contributed by atoms with van der Waals surface area (Å²) >= 11 is -1.15. The SMILES string of the molecule is c1ccc2c(c1)Nc1ccccc1[As]2C1CCCCC1. The Hall–Kier alpha value is -1.20. The third-order valence-corrected chi connectivity index (χ3v) is 11.0. The second-order valence-corrected chi connectivity index (χ2v) is 10.9. The van der Waals surface area contributed by atoms with Crippen LogP contribution in [0.4, 0.5) is 11.4 Å². The summed E-state index contributed by atoms with van der Waals surface area (Å²) in [5.74, 6) is 0. The van der Waals surface area contributed by atoms with Crippen LogP contribution in [0.5, 0.6) is 0 Å². The van der Waals surface area contributed by atoms with Gasteiger partial charge in [0.25, 0.3) is 0 Å². The molecule has 1 aliphatic heterocycles. The van der Waals surface area contributed by atoms with Crippen LogP contribution in [-0.2, 0) is 0 Å². The minimum atomic E-state index is -1.15. The van der Waals surface area contributed by atoms with Crippen molar-refractivity contribution >= 4 is 34.7 Å². The fourth-order valence-electron chi connectivity index (χ4n) is 3.59. The van der Waals surface area contributed by atoms with Gasteiger partial charge in [-0.1, -0.05) is 0 Å². The Morgan fingerprint density at radius 3 is 1.90 bits per heavy atom. The van der Waals surface area contributed by atoms with Gasteiger partial charge in [0, 0.05) is 0 Å². The predicted octanol–water partition coefficient (Wildman–Crippen LogP) is 3.69. The molecule has 0 bridgehead atoms. The van der Waals surface area contributed by atoms with Crippen molar-refractivity contribution < 1.29 is 0 Å². The molecule has 4 rings (SSSR count). The second-order valence-electron chi connectivity index (χ2n) is 5.82. The molecule has 1 heterocycles. The summed E-state index contributed by atoms with van der Waals surface area (Å²) in [5, 5.41) is 3.65. The number of hydrogen-bond acceptors (Lipinski definition) is 1. The molecule has 0 atom stereocenters. The van der Waals surface area contributed by atoms with Gasteiger partial charge in [0.1, 0.15) is 0 Å². The van der Waals surface area contributed by atoms with Gasteiger partial charge in [-0.3, -0.25) is 0 Å². The Morgan fingerprint density at radius 2 is 1.30 bits per heavy atom. The van der Waals surface area contributed by atoms with Crippen LogP contribution in [0.2, 0.25) is 4.71 Å². The van der Waals surface area contributed by atoms with Crippen LogP contribution in [0.25, 0.3) is 0 Å². The summed E-state index contributed by atoms with van der Waals surface area (Å²) in [6.45, 7) is 0. The van der Waals surface area contributed by atoms with E-state index in [4.69, 9.17) is 0 Å². The summed E-state index contributed by atoms with van der Waals surface area (Å²) in [5.41, 5.74) is 2.74. The standard InChI is InChI=1S/C18H20AsN/c1-2-8-14(9-3-1)19-15-10-4-6-12-17(15)20-18-13-7-5-11-16(18)19/h4-7,10-14,20H,1-3,8-9H2. The number of hydrogen-bond donors (Lipinski definition) is 1. The van der Waals surface area contributed by atoms with Gasteiger partial charge in [-0.05, 0) is 0 Å². The zero-order valence-corrected chi connectivity index (χ0v) is 13.6. The maximum absolute atomic E-state index is 3.65. The third kappa shape index (κ3) is 2.09. The molecule has 2 aromatic rings. The van der Waals surface area contributed by atoms with E-state index in [-0.39, 0.29) is 0 Å². The molecule has 0 amide bonds. The molecule has 1 aliphatic carbocycles. The first kappa shape index (κ1) is 12.5. The van der Waals surface area contributed by atoms with Crippen LogP contribution in [0.3, 0.4) is 0 Å². The molecule has 2 heteroatoms. The van der Waals surface area contributed by atoms with Crippen molar-refractivity contribution in [3.8, 4) is 0 Å². The number of nitrogens with one attached hydrogen (secondary N) is 1. The van der Waals surface area contributed by atoms with E-state index >= 15 is 0 Å². The minimum absolute atomic E-state index is 0.959. The molecule has 20 heavy (non-hydrogen) atoms. The molecule has 0 spiro atoms. The zero-order valence-electron chi connectivity index (χ0n) is 11.7. The van der Waals surface area contributed by atoms with Crippen molar-refractivity contribution in [3.63, 3.8) is 0 Å². The van der Waals surface area contributed by atoms with Gasteiger partial charge in [-0.15, -0.1) is 0 Å². The van der Waals surface area contributed by atoms with Gasteiger partial charge in [-0.2, -0.15) is 0 Å². The van der Waals surface area contributed by atoms with Crippen molar-refractivity contribution in [2.45, 2.75) is 36.8 Å². The normalized spacial score (nSPS) is 19.0. The van der Waals surface area contributed by atoms with Crippen molar-refractivity contribution in [2.24, 2.45) is 0 Å². The van der Waals surface area contributed by atoms with Gasteiger partial charge in [-0.25, -0.2) is 0 Å². The van der Waals surface area contributed by atoms with E-state index in [1.807, 2.05) is 0 Å². The number of rotatable bonds is 1. The molecular weight excluding hydrogens is 305 g/mol. The Labute approximate surface area is 125 Å². The van der Waals surface area contributed by atoms with Gasteiger partial charge in [0.2, 0.25) is 0 Å². The molecule has 1 nitrogen and oxygen atoms in total. The molecular formula is C18H20AsN. The summed E-state index contributed by atoms with van der Waals surface area (Å²) < 4.78 is 4.25. The Morgan fingerprint density at radius 1 is 0.750 bits per heavy atom. The van der Waals surface area contributed by atoms with Crippen LogP contribution in [0.1, 0.15) is 32.1 Å². The molecule has 0 aromatic heterocycles. The van der Waals surface area contributed by atoms with Gasteiger partial charge >= 0.3 is 125 Å². The zero-order chi connectivity index (χ0) is 13.4. The Kier molecular flexibility index (Phi) is 3.32. The Bertz CT molecular complexity index is 571. The third-order valence-electron chi connectivity index (χ3n) is 4.54. The van der Waals surface area contributed by atoms with E-state index in [0.29, 0.717) is 0 Å². The molecule has 0 saturated heterocycles. The average Bonchev–Trinajstić information content (AvgIpc) is 2.53. The van der Waals surface area contributed by atoms with E-state index in [2.05, 4.69) is 53.8 Å². The van der Waals surface area contributed by atoms with Crippen molar-refractivity contribution in [1.29, 1.82) is 0 Å². The van der Waals surface area contributed by atoms with Crippen LogP contribution < -0.4 is 14.0 Å². The van der Waals surface area contributed by atoms with Crippen LogP contribution in [-0.4, -0.2) is 14.7 Å². The number of anilines is 2. The molecule has 2 aliphatic rings. The van der Waals surface area contributed by atoms with Crippen LogP contribution in [0, 0.1) is 0 Å². The van der Waals surface area contributed by atoms with E-state index in [1.165, 1.54) is 43.5 Å². The number of fused-ring (bicyclic) bond motifs is 2. The summed E-state index contributed by atoms with van der Waals surface area (Å²) in [4.78, 5) is 0. The molecule has 2 aromatic carbocycles. The number of benzene rings is 2.